The zero-order valence-corrected chi connectivity index (χ0v) is 20.6. The molecule has 35 heavy (non-hydrogen) atoms. The van der Waals surface area contributed by atoms with E-state index in [1.807, 2.05) is 6.92 Å². The van der Waals surface area contributed by atoms with Crippen molar-refractivity contribution in [2.75, 3.05) is 33.8 Å². The van der Waals surface area contributed by atoms with Crippen LogP contribution in [-0.2, 0) is 24.8 Å². The molecule has 3 aromatic rings. The lowest BCUT2D eigenvalue weighted by molar-refractivity contribution is -0.114. The predicted molar refractivity (Wildman–Crippen MR) is 132 cm³/mol. The van der Waals surface area contributed by atoms with Crippen LogP contribution in [0.3, 0.4) is 0 Å². The molecule has 186 valence electrons. The predicted octanol–water partition coefficient (Wildman–Crippen LogP) is 3.43. The number of sulfonamides is 2. The maximum absolute atomic E-state index is 13.0. The van der Waals surface area contributed by atoms with Crippen LogP contribution in [0.1, 0.15) is 6.92 Å². The van der Waals surface area contributed by atoms with Gasteiger partial charge in [-0.15, -0.1) is 0 Å². The number of amides is 1. The Morgan fingerprint density at radius 3 is 2.00 bits per heavy atom. The summed E-state index contributed by atoms with van der Waals surface area (Å²) in [6, 6.07) is 16.4. The van der Waals surface area contributed by atoms with Gasteiger partial charge in [-0.05, 0) is 79.7 Å². The van der Waals surface area contributed by atoms with Crippen molar-refractivity contribution >= 4 is 43.0 Å². The third kappa shape index (κ3) is 7.17. The number of ether oxygens (including phenoxy) is 1. The number of benzene rings is 3. The number of carbonyl (C=O) groups is 1. The summed E-state index contributed by atoms with van der Waals surface area (Å²) in [6.07, 6.45) is 0.991. The lowest BCUT2D eigenvalue weighted by Gasteiger charge is -2.22. The van der Waals surface area contributed by atoms with Crippen LogP contribution in [0, 0.1) is 5.82 Å². The van der Waals surface area contributed by atoms with Gasteiger partial charge in [-0.25, -0.2) is 21.2 Å². The topological polar surface area (TPSA) is 122 Å². The molecule has 0 aliphatic rings. The number of anilines is 3. The molecule has 0 saturated carbocycles. The maximum Gasteiger partial charge on any atom is 0.261 e. The number of carbonyl (C=O) groups excluding carboxylic acids is 1. The Morgan fingerprint density at radius 2 is 1.46 bits per heavy atom. The lowest BCUT2D eigenvalue weighted by atomic mass is 10.3. The normalized spacial score (nSPS) is 11.5. The van der Waals surface area contributed by atoms with E-state index < -0.39 is 38.3 Å². The summed E-state index contributed by atoms with van der Waals surface area (Å²) in [5.74, 6) is -0.549. The van der Waals surface area contributed by atoms with Gasteiger partial charge < -0.3 is 10.1 Å². The molecular weight excluding hydrogens is 497 g/mol. The van der Waals surface area contributed by atoms with Crippen molar-refractivity contribution in [2.24, 2.45) is 0 Å². The fourth-order valence-corrected chi connectivity index (χ4v) is 4.97. The first-order chi connectivity index (χ1) is 16.5. The van der Waals surface area contributed by atoms with E-state index in [1.54, 1.807) is 12.1 Å². The number of rotatable bonds is 10. The fraction of sp³-hybridized carbons (Fsp3) is 0.174. The largest absolute Gasteiger partial charge is 0.494 e. The molecule has 0 spiro atoms. The minimum atomic E-state index is -3.94. The molecule has 1 amide bonds. The van der Waals surface area contributed by atoms with Gasteiger partial charge in [0.05, 0.1) is 23.4 Å². The average molecular weight is 522 g/mol. The van der Waals surface area contributed by atoms with E-state index in [4.69, 9.17) is 4.74 Å². The highest BCUT2D eigenvalue weighted by Crippen LogP contribution is 2.22. The molecule has 3 rings (SSSR count). The summed E-state index contributed by atoms with van der Waals surface area (Å²) in [6.45, 7) is 1.80. The molecule has 0 saturated heterocycles. The van der Waals surface area contributed by atoms with Crippen LogP contribution in [0.5, 0.6) is 5.75 Å². The van der Waals surface area contributed by atoms with Gasteiger partial charge in [0.1, 0.15) is 18.1 Å². The van der Waals surface area contributed by atoms with Crippen LogP contribution in [0.4, 0.5) is 21.5 Å². The van der Waals surface area contributed by atoms with Gasteiger partial charge in [0.15, 0.2) is 0 Å². The van der Waals surface area contributed by atoms with Gasteiger partial charge in [-0.1, -0.05) is 0 Å². The highest BCUT2D eigenvalue weighted by molar-refractivity contribution is 7.92. The first kappa shape index (κ1) is 26.0. The first-order valence-electron chi connectivity index (χ1n) is 10.4. The number of halogens is 1. The first-order valence-corrected chi connectivity index (χ1v) is 13.7. The molecule has 0 aromatic heterocycles. The zero-order chi connectivity index (χ0) is 25.6. The van der Waals surface area contributed by atoms with E-state index in [0.717, 1.165) is 22.7 Å². The third-order valence-electron chi connectivity index (χ3n) is 4.67. The molecule has 0 bridgehead atoms. The van der Waals surface area contributed by atoms with Crippen molar-refractivity contribution in [2.45, 2.75) is 11.8 Å². The van der Waals surface area contributed by atoms with Crippen LogP contribution in [0.15, 0.2) is 77.7 Å². The molecule has 0 aliphatic carbocycles. The molecule has 9 nitrogen and oxygen atoms in total. The van der Waals surface area contributed by atoms with Crippen molar-refractivity contribution in [3.63, 3.8) is 0 Å². The molecule has 2 N–H and O–H groups in total. The number of hydrogen-bond acceptors (Lipinski definition) is 6. The average Bonchev–Trinajstić information content (AvgIpc) is 2.79. The highest BCUT2D eigenvalue weighted by Gasteiger charge is 2.21. The van der Waals surface area contributed by atoms with E-state index in [0.29, 0.717) is 18.0 Å². The van der Waals surface area contributed by atoms with Gasteiger partial charge in [0.2, 0.25) is 15.9 Å². The monoisotopic (exact) mass is 521 g/mol. The van der Waals surface area contributed by atoms with Crippen LogP contribution in [0.2, 0.25) is 0 Å². The second kappa shape index (κ2) is 10.7. The van der Waals surface area contributed by atoms with Crippen LogP contribution < -0.4 is 19.1 Å². The van der Waals surface area contributed by atoms with Gasteiger partial charge in [-0.2, -0.15) is 0 Å². The van der Waals surface area contributed by atoms with Crippen LogP contribution in [0.25, 0.3) is 0 Å². The third-order valence-corrected chi connectivity index (χ3v) is 7.21. The number of nitrogens with one attached hydrogen (secondary N) is 2. The van der Waals surface area contributed by atoms with Crippen LogP contribution in [-0.4, -0.2) is 42.2 Å². The molecule has 12 heteroatoms. The standard InChI is InChI=1S/C23H24FN3O6S2/c1-3-33-21-12-10-20(11-13-21)27(34(2,29)30)16-23(28)25-18-8-14-22(15-9-18)35(31,32)26-19-6-4-17(24)5-7-19/h4-15,26H,3,16H2,1-2H3,(H,25,28). The van der Waals surface area contributed by atoms with Gasteiger partial charge in [0.25, 0.3) is 10.0 Å². The fourth-order valence-electron chi connectivity index (χ4n) is 3.06. The molecular formula is C23H24FN3O6S2. The summed E-state index contributed by atoms with van der Waals surface area (Å²) < 4.78 is 71.2. The van der Waals surface area contributed by atoms with Crippen molar-refractivity contribution in [3.05, 3.63) is 78.6 Å². The van der Waals surface area contributed by atoms with Crippen molar-refractivity contribution < 1.29 is 30.8 Å². The van der Waals surface area contributed by atoms with Crippen LogP contribution >= 0.6 is 0 Å². The smallest absolute Gasteiger partial charge is 0.261 e. The van der Waals surface area contributed by atoms with Gasteiger partial charge in [0, 0.05) is 11.4 Å². The molecule has 3 aromatic carbocycles. The minimum absolute atomic E-state index is 0.0769. The van der Waals surface area contributed by atoms with E-state index in [-0.39, 0.29) is 16.3 Å². The minimum Gasteiger partial charge on any atom is -0.494 e. The van der Waals surface area contributed by atoms with Crippen molar-refractivity contribution in [1.29, 1.82) is 0 Å². The number of hydrogen-bond donors (Lipinski definition) is 2. The zero-order valence-electron chi connectivity index (χ0n) is 18.9. The Labute approximate surface area is 203 Å². The van der Waals surface area contributed by atoms with E-state index in [1.165, 1.54) is 48.5 Å². The molecule has 0 unspecified atom stereocenters. The molecule has 0 atom stereocenters. The SMILES string of the molecule is CCOc1ccc(N(CC(=O)Nc2ccc(S(=O)(=O)Nc3ccc(F)cc3)cc2)S(C)(=O)=O)cc1. The van der Waals surface area contributed by atoms with E-state index in [2.05, 4.69) is 10.0 Å². The lowest BCUT2D eigenvalue weighted by Crippen LogP contribution is -2.37. The Morgan fingerprint density at radius 1 is 0.886 bits per heavy atom. The summed E-state index contributed by atoms with van der Waals surface area (Å²) in [5, 5.41) is 2.55. The molecule has 0 fully saturated rings. The van der Waals surface area contributed by atoms with Gasteiger partial charge in [-0.3, -0.25) is 13.8 Å². The summed E-state index contributed by atoms with van der Waals surface area (Å²) in [4.78, 5) is 12.5. The Bertz CT molecular complexity index is 1380. The second-order valence-corrected chi connectivity index (χ2v) is 11.0. The van der Waals surface area contributed by atoms with E-state index in [9.17, 15) is 26.0 Å². The molecule has 0 radical (unpaired) electrons. The summed E-state index contributed by atoms with van der Waals surface area (Å²) in [7, 11) is -7.70. The molecule has 0 heterocycles. The summed E-state index contributed by atoms with van der Waals surface area (Å²) >= 11 is 0. The number of nitrogens with zero attached hydrogens (tertiary/aromatic N) is 1. The second-order valence-electron chi connectivity index (χ2n) is 7.38. The Balaban J connectivity index is 1.69. The molecule has 0 aliphatic heterocycles. The summed E-state index contributed by atoms with van der Waals surface area (Å²) in [5.41, 5.74) is 0.759. The highest BCUT2D eigenvalue weighted by atomic mass is 32.2. The Kier molecular flexibility index (Phi) is 7.97. The van der Waals surface area contributed by atoms with E-state index >= 15 is 0 Å². The van der Waals surface area contributed by atoms with Gasteiger partial charge >= 0.3 is 0 Å². The quantitative estimate of drug-likeness (QED) is 0.422. The maximum atomic E-state index is 13.0. The van der Waals surface area contributed by atoms with Crippen molar-refractivity contribution in [3.8, 4) is 5.75 Å². The van der Waals surface area contributed by atoms with Crippen molar-refractivity contribution in [1.82, 2.24) is 0 Å². The Hall–Kier alpha value is -3.64.